The van der Waals surface area contributed by atoms with Crippen LogP contribution in [-0.4, -0.2) is 42.1 Å². The Balaban J connectivity index is 1.25. The van der Waals surface area contributed by atoms with E-state index in [9.17, 15) is 13.6 Å². The Hall–Kier alpha value is -2.77. The smallest absolute Gasteiger partial charge is 0.224 e. The summed E-state index contributed by atoms with van der Waals surface area (Å²) < 4.78 is 26.6. The first-order chi connectivity index (χ1) is 14.8. The van der Waals surface area contributed by atoms with Crippen LogP contribution in [0, 0.1) is 24.5 Å². The molecule has 2 aliphatic rings. The molecule has 0 radical (unpaired) electrons. The van der Waals surface area contributed by atoms with E-state index in [1.165, 1.54) is 6.07 Å². The van der Waals surface area contributed by atoms with Gasteiger partial charge in [-0.1, -0.05) is 6.07 Å². The Morgan fingerprint density at radius 3 is 2.48 bits per heavy atom. The van der Waals surface area contributed by atoms with Crippen molar-refractivity contribution in [3.8, 4) is 0 Å². The number of halogens is 2. The summed E-state index contributed by atoms with van der Waals surface area (Å²) >= 11 is 0. The van der Waals surface area contributed by atoms with E-state index < -0.39 is 11.6 Å². The molecule has 0 saturated heterocycles. The van der Waals surface area contributed by atoms with Crippen molar-refractivity contribution >= 4 is 17.7 Å². The molecule has 2 aliphatic carbocycles. The zero-order valence-corrected chi connectivity index (χ0v) is 18.2. The number of hydrogen-bond acceptors (Lipinski definition) is 5. The molecule has 2 unspecified atom stereocenters. The zero-order chi connectivity index (χ0) is 22.1. The highest BCUT2D eigenvalue weighted by Crippen LogP contribution is 2.48. The molecular weight excluding hydrogens is 400 g/mol. The average molecular weight is 430 g/mol. The van der Waals surface area contributed by atoms with Crippen LogP contribution in [0.2, 0.25) is 0 Å². The summed E-state index contributed by atoms with van der Waals surface area (Å²) in [4.78, 5) is 23.6. The van der Waals surface area contributed by atoms with Crippen molar-refractivity contribution in [1.82, 2.24) is 15.3 Å². The molecule has 1 heterocycles. The number of aryl methyl sites for hydroxylation is 1. The lowest BCUT2D eigenvalue weighted by molar-refractivity contribution is -0.123. The summed E-state index contributed by atoms with van der Waals surface area (Å²) in [5.74, 6) is -0.325. The Morgan fingerprint density at radius 2 is 1.81 bits per heavy atom. The average Bonchev–Trinajstić information content (AvgIpc) is 3.54. The van der Waals surface area contributed by atoms with Gasteiger partial charge in [0.2, 0.25) is 11.9 Å². The first kappa shape index (κ1) is 21.5. The van der Waals surface area contributed by atoms with Gasteiger partial charge in [-0.25, -0.2) is 13.8 Å². The molecule has 0 spiro atoms. The van der Waals surface area contributed by atoms with Crippen LogP contribution in [0.3, 0.4) is 0 Å². The number of carbonyl (C=O) groups excluding carboxylic acids is 1. The highest BCUT2D eigenvalue weighted by atomic mass is 19.2. The largest absolute Gasteiger partial charge is 0.362 e. The summed E-state index contributed by atoms with van der Waals surface area (Å²) in [6, 6.07) is 4.34. The van der Waals surface area contributed by atoms with Crippen molar-refractivity contribution in [2.75, 3.05) is 24.3 Å². The molecule has 1 amide bonds. The van der Waals surface area contributed by atoms with Crippen molar-refractivity contribution in [2.24, 2.45) is 5.92 Å². The number of nitrogens with one attached hydrogen (secondary N) is 2. The summed E-state index contributed by atoms with van der Waals surface area (Å²) in [6.07, 6.45) is 6.15. The molecule has 4 rings (SSSR count). The van der Waals surface area contributed by atoms with E-state index in [1.54, 1.807) is 6.07 Å². The number of benzene rings is 1. The van der Waals surface area contributed by atoms with Crippen LogP contribution < -0.4 is 15.5 Å². The second kappa shape index (κ2) is 8.77. The summed E-state index contributed by atoms with van der Waals surface area (Å²) in [6.45, 7) is 1.99. The lowest BCUT2D eigenvalue weighted by Crippen LogP contribution is -2.41. The number of rotatable bonds is 6. The van der Waals surface area contributed by atoms with Gasteiger partial charge in [0.05, 0.1) is 0 Å². The molecule has 0 aliphatic heterocycles. The van der Waals surface area contributed by atoms with E-state index in [1.807, 2.05) is 32.1 Å². The van der Waals surface area contributed by atoms with Gasteiger partial charge in [0.1, 0.15) is 5.82 Å². The first-order valence-corrected chi connectivity index (χ1v) is 10.8. The minimum Gasteiger partial charge on any atom is -0.362 e. The van der Waals surface area contributed by atoms with E-state index in [0.717, 1.165) is 43.1 Å². The SMILES string of the molecule is Cc1cnc(N[C@H]2CC[C@@H](NC(=O)C3CC3c3ccc(F)c(F)c3)CC2)nc1N(C)C. The normalized spacial score (nSPS) is 25.1. The molecule has 8 heteroatoms. The van der Waals surface area contributed by atoms with Gasteiger partial charge in [0.15, 0.2) is 11.6 Å². The summed E-state index contributed by atoms with van der Waals surface area (Å²) in [5.41, 5.74) is 1.73. The Kier molecular flexibility index (Phi) is 6.07. The van der Waals surface area contributed by atoms with E-state index in [4.69, 9.17) is 0 Å². The maximum Gasteiger partial charge on any atom is 0.224 e. The molecule has 2 fully saturated rings. The Bertz CT molecular complexity index is 959. The standard InChI is InChI=1S/C23H29F2N5O/c1-13-12-26-23(29-21(13)30(2)3)28-16-7-5-15(6-8-16)27-22(31)18-11-17(18)14-4-9-19(24)20(25)10-14/h4,9-10,12,15-18H,5-8,11H2,1-3H3,(H,27,31)(H,26,28,29)/t15-,16+,17?,18?. The fourth-order valence-electron chi connectivity index (χ4n) is 4.42. The minimum atomic E-state index is -0.857. The van der Waals surface area contributed by atoms with Crippen LogP contribution in [0.4, 0.5) is 20.5 Å². The predicted octanol–water partition coefficient (Wildman–Crippen LogP) is 3.77. The number of carbonyl (C=O) groups is 1. The minimum absolute atomic E-state index is 0.0160. The molecule has 166 valence electrons. The van der Waals surface area contributed by atoms with Crippen molar-refractivity contribution in [3.05, 3.63) is 47.2 Å². The fourth-order valence-corrected chi connectivity index (χ4v) is 4.42. The van der Waals surface area contributed by atoms with Gasteiger partial charge in [-0.15, -0.1) is 0 Å². The molecule has 6 nitrogen and oxygen atoms in total. The first-order valence-electron chi connectivity index (χ1n) is 10.8. The van der Waals surface area contributed by atoms with Crippen molar-refractivity contribution in [1.29, 1.82) is 0 Å². The van der Waals surface area contributed by atoms with Crippen LogP contribution in [0.25, 0.3) is 0 Å². The number of aromatic nitrogens is 2. The van der Waals surface area contributed by atoms with Gasteiger partial charge in [-0.05, 0) is 62.6 Å². The molecule has 31 heavy (non-hydrogen) atoms. The van der Waals surface area contributed by atoms with Crippen LogP contribution in [0.1, 0.15) is 49.1 Å². The van der Waals surface area contributed by atoms with Crippen LogP contribution in [0.15, 0.2) is 24.4 Å². The van der Waals surface area contributed by atoms with Gasteiger partial charge in [0.25, 0.3) is 0 Å². The number of amides is 1. The molecule has 1 aromatic carbocycles. The summed E-state index contributed by atoms with van der Waals surface area (Å²) in [5, 5.41) is 6.57. The second-order valence-corrected chi connectivity index (χ2v) is 8.92. The molecule has 2 atom stereocenters. The number of anilines is 2. The summed E-state index contributed by atoms with van der Waals surface area (Å²) in [7, 11) is 3.92. The van der Waals surface area contributed by atoms with Gasteiger partial charge in [-0.2, -0.15) is 4.98 Å². The molecule has 2 N–H and O–H groups in total. The monoisotopic (exact) mass is 429 g/mol. The molecular formula is C23H29F2N5O. The Morgan fingerprint density at radius 1 is 1.10 bits per heavy atom. The van der Waals surface area contributed by atoms with Crippen molar-refractivity contribution in [3.63, 3.8) is 0 Å². The quantitative estimate of drug-likeness (QED) is 0.732. The lowest BCUT2D eigenvalue weighted by atomic mass is 9.91. The van der Waals surface area contributed by atoms with Gasteiger partial charge in [-0.3, -0.25) is 4.79 Å². The molecule has 2 aromatic rings. The predicted molar refractivity (Wildman–Crippen MR) is 116 cm³/mol. The molecule has 0 bridgehead atoms. The highest BCUT2D eigenvalue weighted by Gasteiger charge is 2.44. The third-order valence-electron chi connectivity index (χ3n) is 6.27. The highest BCUT2D eigenvalue weighted by molar-refractivity contribution is 5.83. The van der Waals surface area contributed by atoms with Crippen molar-refractivity contribution in [2.45, 2.75) is 57.0 Å². The van der Waals surface area contributed by atoms with E-state index >= 15 is 0 Å². The Labute approximate surface area is 181 Å². The third-order valence-corrected chi connectivity index (χ3v) is 6.27. The maximum atomic E-state index is 13.4. The van der Waals surface area contributed by atoms with Crippen LogP contribution >= 0.6 is 0 Å². The van der Waals surface area contributed by atoms with Crippen LogP contribution in [0.5, 0.6) is 0 Å². The van der Waals surface area contributed by atoms with E-state index in [2.05, 4.69) is 20.6 Å². The fraction of sp³-hybridized carbons (Fsp3) is 0.522. The van der Waals surface area contributed by atoms with E-state index in [0.29, 0.717) is 17.9 Å². The van der Waals surface area contributed by atoms with Gasteiger partial charge in [0, 0.05) is 43.9 Å². The molecule has 2 saturated carbocycles. The lowest BCUT2D eigenvalue weighted by Gasteiger charge is -2.30. The number of nitrogens with zero attached hydrogens (tertiary/aromatic N) is 3. The zero-order valence-electron chi connectivity index (χ0n) is 18.2. The second-order valence-electron chi connectivity index (χ2n) is 8.92. The number of hydrogen-bond donors (Lipinski definition) is 2. The maximum absolute atomic E-state index is 13.4. The van der Waals surface area contributed by atoms with Crippen molar-refractivity contribution < 1.29 is 13.6 Å². The topological polar surface area (TPSA) is 70.1 Å². The molecule has 1 aromatic heterocycles. The van der Waals surface area contributed by atoms with Crippen LogP contribution in [-0.2, 0) is 4.79 Å². The van der Waals surface area contributed by atoms with Gasteiger partial charge >= 0.3 is 0 Å². The van der Waals surface area contributed by atoms with Gasteiger partial charge < -0.3 is 15.5 Å². The third kappa shape index (κ3) is 4.94. The van der Waals surface area contributed by atoms with E-state index in [-0.39, 0.29) is 29.8 Å².